The van der Waals surface area contributed by atoms with E-state index in [1.54, 1.807) is 6.92 Å². The molecule has 0 spiro atoms. The van der Waals surface area contributed by atoms with Gasteiger partial charge in [-0.1, -0.05) is 11.6 Å². The topological polar surface area (TPSA) is 65.2 Å². The first-order valence-electron chi connectivity index (χ1n) is 4.84. The van der Waals surface area contributed by atoms with Gasteiger partial charge in [0.05, 0.1) is 18.1 Å². The molecule has 4 nitrogen and oxygen atoms in total. The third-order valence-electron chi connectivity index (χ3n) is 1.94. The molecule has 0 aliphatic carbocycles. The number of esters is 1. The maximum Gasteiger partial charge on any atom is 0.310 e. The van der Waals surface area contributed by atoms with E-state index in [1.807, 2.05) is 0 Å². The molecule has 0 radical (unpaired) electrons. The fraction of sp³-hybridized carbons (Fsp3) is 0.400. The number of halogens is 3. The zero-order chi connectivity index (χ0) is 13.0. The Morgan fingerprint density at radius 3 is 2.82 bits per heavy atom. The lowest BCUT2D eigenvalue weighted by atomic mass is 10.1. The summed E-state index contributed by atoms with van der Waals surface area (Å²) >= 11 is 5.77. The summed E-state index contributed by atoms with van der Waals surface area (Å²) in [6, 6.07) is 1.06. The van der Waals surface area contributed by atoms with Crippen LogP contribution in [-0.4, -0.2) is 17.6 Å². The van der Waals surface area contributed by atoms with Gasteiger partial charge >= 0.3 is 5.97 Å². The summed E-state index contributed by atoms with van der Waals surface area (Å²) in [7, 11) is 0. The van der Waals surface area contributed by atoms with Gasteiger partial charge in [-0.15, -0.1) is 0 Å². The van der Waals surface area contributed by atoms with E-state index >= 15 is 0 Å². The number of pyridine rings is 1. The molecule has 0 saturated carbocycles. The number of nitrogens with zero attached hydrogens (tertiary/aromatic N) is 1. The molecule has 0 aliphatic rings. The van der Waals surface area contributed by atoms with E-state index in [0.29, 0.717) is 0 Å². The zero-order valence-electron chi connectivity index (χ0n) is 9.04. The molecule has 1 aromatic rings. The van der Waals surface area contributed by atoms with Crippen molar-refractivity contribution in [3.63, 3.8) is 0 Å². The highest BCUT2D eigenvalue weighted by Gasteiger charge is 2.17. The number of anilines is 1. The normalized spacial score (nSPS) is 10.6. The number of carbonyl (C=O) groups excluding carboxylic acids is 1. The van der Waals surface area contributed by atoms with Crippen LogP contribution in [0.3, 0.4) is 0 Å². The minimum atomic E-state index is -2.77. The van der Waals surface area contributed by atoms with E-state index in [-0.39, 0.29) is 29.4 Å². The summed E-state index contributed by atoms with van der Waals surface area (Å²) in [5.41, 5.74) is 5.06. The van der Waals surface area contributed by atoms with Gasteiger partial charge in [0.1, 0.15) is 11.5 Å². The quantitative estimate of drug-likeness (QED) is 0.848. The van der Waals surface area contributed by atoms with Crippen LogP contribution in [0.4, 0.5) is 14.6 Å². The van der Waals surface area contributed by atoms with Crippen molar-refractivity contribution in [3.8, 4) is 0 Å². The highest BCUT2D eigenvalue weighted by Crippen LogP contribution is 2.27. The fourth-order valence-corrected chi connectivity index (χ4v) is 1.40. The Labute approximate surface area is 102 Å². The molecular weight excluding hydrogens is 254 g/mol. The van der Waals surface area contributed by atoms with Crippen molar-refractivity contribution in [2.45, 2.75) is 19.8 Å². The summed E-state index contributed by atoms with van der Waals surface area (Å²) in [5, 5.41) is 0.00227. The predicted molar refractivity (Wildman–Crippen MR) is 59.0 cm³/mol. The Morgan fingerprint density at radius 2 is 2.29 bits per heavy atom. The van der Waals surface area contributed by atoms with Crippen LogP contribution in [0.5, 0.6) is 0 Å². The lowest BCUT2D eigenvalue weighted by molar-refractivity contribution is -0.142. The van der Waals surface area contributed by atoms with Gasteiger partial charge in [0, 0.05) is 0 Å². The number of rotatable bonds is 4. The molecule has 0 saturated heterocycles. The van der Waals surface area contributed by atoms with Crippen molar-refractivity contribution in [1.29, 1.82) is 0 Å². The average Bonchev–Trinajstić information content (AvgIpc) is 2.24. The van der Waals surface area contributed by atoms with Gasteiger partial charge in [0.15, 0.2) is 0 Å². The van der Waals surface area contributed by atoms with E-state index in [1.165, 1.54) is 0 Å². The summed E-state index contributed by atoms with van der Waals surface area (Å²) < 4.78 is 29.6. The van der Waals surface area contributed by atoms with Gasteiger partial charge in [0.2, 0.25) is 0 Å². The first kappa shape index (κ1) is 13.6. The number of hydrogen-bond donors (Lipinski definition) is 1. The standard InChI is InChI=1S/C10H11ClF2N2O2/c1-2-17-7(16)4-5-3-6(9(12)13)15-10(14)8(5)11/h3,9H,2,4H2,1H3,(H2,14,15). The number of aromatic nitrogens is 1. The molecule has 0 atom stereocenters. The van der Waals surface area contributed by atoms with Crippen LogP contribution in [0.25, 0.3) is 0 Å². The number of nitrogen functional groups attached to an aromatic ring is 1. The second-order valence-corrected chi connectivity index (χ2v) is 3.57. The average molecular weight is 265 g/mol. The van der Waals surface area contributed by atoms with Crippen molar-refractivity contribution in [2.75, 3.05) is 12.3 Å². The van der Waals surface area contributed by atoms with Gasteiger partial charge in [-0.2, -0.15) is 0 Å². The minimum Gasteiger partial charge on any atom is -0.466 e. The van der Waals surface area contributed by atoms with Crippen LogP contribution < -0.4 is 5.73 Å². The summed E-state index contributed by atoms with van der Waals surface area (Å²) in [4.78, 5) is 14.7. The van der Waals surface area contributed by atoms with Crippen molar-refractivity contribution >= 4 is 23.4 Å². The zero-order valence-corrected chi connectivity index (χ0v) is 9.80. The van der Waals surface area contributed by atoms with Crippen LogP contribution in [0.2, 0.25) is 5.02 Å². The van der Waals surface area contributed by atoms with E-state index < -0.39 is 18.1 Å². The number of nitrogens with two attached hydrogens (primary N) is 1. The predicted octanol–water partition coefficient (Wildman–Crippen LogP) is 2.36. The molecule has 17 heavy (non-hydrogen) atoms. The highest BCUT2D eigenvalue weighted by atomic mass is 35.5. The third kappa shape index (κ3) is 3.52. The molecule has 1 rings (SSSR count). The van der Waals surface area contributed by atoms with Crippen molar-refractivity contribution in [3.05, 3.63) is 22.3 Å². The molecule has 7 heteroatoms. The Bertz CT molecular complexity index is 427. The molecule has 0 fully saturated rings. The SMILES string of the molecule is CCOC(=O)Cc1cc(C(F)F)nc(N)c1Cl. The van der Waals surface area contributed by atoms with Crippen LogP contribution >= 0.6 is 11.6 Å². The van der Waals surface area contributed by atoms with Crippen LogP contribution in [0.1, 0.15) is 24.6 Å². The van der Waals surface area contributed by atoms with E-state index in [9.17, 15) is 13.6 Å². The second kappa shape index (κ2) is 5.77. The Hall–Kier alpha value is -1.43. The minimum absolute atomic E-state index is 0.00227. The number of ether oxygens (including phenoxy) is 1. The molecule has 0 bridgehead atoms. The maximum absolute atomic E-state index is 12.5. The summed E-state index contributed by atoms with van der Waals surface area (Å²) in [6.45, 7) is 1.85. The van der Waals surface area contributed by atoms with Gasteiger partial charge in [-0.25, -0.2) is 13.8 Å². The smallest absolute Gasteiger partial charge is 0.310 e. The largest absolute Gasteiger partial charge is 0.466 e. The number of alkyl halides is 2. The molecule has 94 valence electrons. The van der Waals surface area contributed by atoms with Crippen LogP contribution in [0, 0.1) is 0 Å². The first-order valence-corrected chi connectivity index (χ1v) is 5.22. The summed E-state index contributed by atoms with van der Waals surface area (Å²) in [6.07, 6.45) is -2.98. The lowest BCUT2D eigenvalue weighted by Crippen LogP contribution is -2.10. The lowest BCUT2D eigenvalue weighted by Gasteiger charge is -2.08. The molecule has 0 unspecified atom stereocenters. The Morgan fingerprint density at radius 1 is 1.65 bits per heavy atom. The number of carbonyl (C=O) groups is 1. The van der Waals surface area contributed by atoms with E-state index in [0.717, 1.165) is 6.07 Å². The molecule has 0 aliphatic heterocycles. The monoisotopic (exact) mass is 264 g/mol. The molecule has 0 aromatic carbocycles. The van der Waals surface area contributed by atoms with Gasteiger partial charge in [-0.3, -0.25) is 4.79 Å². The van der Waals surface area contributed by atoms with Crippen molar-refractivity contribution < 1.29 is 18.3 Å². The van der Waals surface area contributed by atoms with Crippen molar-refractivity contribution in [1.82, 2.24) is 4.98 Å². The van der Waals surface area contributed by atoms with Crippen LogP contribution in [-0.2, 0) is 16.0 Å². The number of hydrogen-bond acceptors (Lipinski definition) is 4. The molecule has 1 heterocycles. The van der Waals surface area contributed by atoms with Gasteiger partial charge in [0.25, 0.3) is 6.43 Å². The fourth-order valence-electron chi connectivity index (χ4n) is 1.23. The molecule has 2 N–H and O–H groups in total. The second-order valence-electron chi connectivity index (χ2n) is 3.19. The maximum atomic E-state index is 12.5. The molecule has 0 amide bonds. The van der Waals surface area contributed by atoms with E-state index in [4.69, 9.17) is 22.1 Å². The van der Waals surface area contributed by atoms with Crippen molar-refractivity contribution in [2.24, 2.45) is 0 Å². The molecular formula is C10H11ClF2N2O2. The Kier molecular flexibility index (Phi) is 4.62. The van der Waals surface area contributed by atoms with Crippen LogP contribution in [0.15, 0.2) is 6.07 Å². The first-order chi connectivity index (χ1) is 7.95. The van der Waals surface area contributed by atoms with Gasteiger partial charge in [-0.05, 0) is 18.6 Å². The Balaban J connectivity index is 3.01. The molecule has 1 aromatic heterocycles. The summed E-state index contributed by atoms with van der Waals surface area (Å²) in [5.74, 6) is -0.774. The highest BCUT2D eigenvalue weighted by molar-refractivity contribution is 6.33. The third-order valence-corrected chi connectivity index (χ3v) is 2.38. The van der Waals surface area contributed by atoms with E-state index in [2.05, 4.69) is 4.98 Å². The van der Waals surface area contributed by atoms with Gasteiger partial charge < -0.3 is 10.5 Å².